The van der Waals surface area contributed by atoms with Crippen molar-refractivity contribution in [2.24, 2.45) is 0 Å². The summed E-state index contributed by atoms with van der Waals surface area (Å²) in [4.78, 5) is 29.0. The van der Waals surface area contributed by atoms with Crippen LogP contribution in [0.2, 0.25) is 5.02 Å². The first kappa shape index (κ1) is 32.0. The number of anilines is 1. The molecule has 0 fully saturated rings. The summed E-state index contributed by atoms with van der Waals surface area (Å²) < 4.78 is 31.8. The maximum atomic E-state index is 13.9. The zero-order chi connectivity index (χ0) is 30.0. The van der Waals surface area contributed by atoms with Gasteiger partial charge in [0.15, 0.2) is 0 Å². The number of carbonyl (C=O) groups excluding carboxylic acids is 2. The van der Waals surface area contributed by atoms with Crippen molar-refractivity contribution in [1.82, 2.24) is 10.2 Å². The minimum atomic E-state index is -3.62. The number of amides is 2. The van der Waals surface area contributed by atoms with E-state index in [1.165, 1.54) is 4.31 Å². The van der Waals surface area contributed by atoms with Gasteiger partial charge in [-0.3, -0.25) is 13.9 Å². The number of hydrogen-bond donors (Lipinski definition) is 1. The summed E-state index contributed by atoms with van der Waals surface area (Å²) in [7, 11) is -2.05. The molecule has 3 aromatic carbocycles. The van der Waals surface area contributed by atoms with Gasteiger partial charge in [0.2, 0.25) is 21.8 Å². The molecule has 1 unspecified atom stereocenters. The van der Waals surface area contributed by atoms with E-state index >= 15 is 0 Å². The Balaban J connectivity index is 1.90. The van der Waals surface area contributed by atoms with Crippen LogP contribution in [0.3, 0.4) is 0 Å². The number of hydrogen-bond acceptors (Lipinski definition) is 5. The van der Waals surface area contributed by atoms with Crippen molar-refractivity contribution in [3.8, 4) is 5.75 Å². The van der Waals surface area contributed by atoms with Gasteiger partial charge in [-0.25, -0.2) is 8.42 Å². The fraction of sp³-hybridized carbons (Fsp3) is 0.355. The maximum Gasteiger partial charge on any atom is 0.243 e. The summed E-state index contributed by atoms with van der Waals surface area (Å²) in [6.07, 6.45) is 1.73. The lowest BCUT2D eigenvalue weighted by atomic mass is 10.0. The molecule has 3 aromatic rings. The van der Waals surface area contributed by atoms with Crippen LogP contribution in [-0.2, 0) is 32.6 Å². The summed E-state index contributed by atoms with van der Waals surface area (Å²) >= 11 is 6.10. The smallest absolute Gasteiger partial charge is 0.243 e. The number of rotatable bonds is 14. The predicted octanol–water partition coefficient (Wildman–Crippen LogP) is 5.06. The van der Waals surface area contributed by atoms with Crippen LogP contribution in [0.1, 0.15) is 37.8 Å². The number of carbonyl (C=O) groups is 2. The average molecular weight is 600 g/mol. The highest BCUT2D eigenvalue weighted by Gasteiger charge is 2.31. The molecule has 41 heavy (non-hydrogen) atoms. The Kier molecular flexibility index (Phi) is 11.6. The summed E-state index contributed by atoms with van der Waals surface area (Å²) in [5, 5.41) is 3.38. The molecule has 0 saturated heterocycles. The fourth-order valence-corrected chi connectivity index (χ4v) is 5.68. The SMILES string of the molecule is COc1cccc(CN(C(=O)CCCN(c2cccc(Cl)c2)S(C)(=O)=O)C(Cc2ccccc2)C(=O)NC(C)C)c1. The Morgan fingerprint density at radius 2 is 1.63 bits per heavy atom. The van der Waals surface area contributed by atoms with Crippen molar-refractivity contribution in [2.45, 2.75) is 51.7 Å². The quantitative estimate of drug-likeness (QED) is 0.279. The molecule has 0 aliphatic heterocycles. The Morgan fingerprint density at radius 3 is 2.27 bits per heavy atom. The molecule has 0 saturated carbocycles. The van der Waals surface area contributed by atoms with E-state index in [1.807, 2.05) is 68.4 Å². The second kappa shape index (κ2) is 14.9. The predicted molar refractivity (Wildman–Crippen MR) is 164 cm³/mol. The second-order valence-electron chi connectivity index (χ2n) is 10.2. The van der Waals surface area contributed by atoms with Gasteiger partial charge in [-0.15, -0.1) is 0 Å². The van der Waals surface area contributed by atoms with E-state index in [9.17, 15) is 18.0 Å². The monoisotopic (exact) mass is 599 g/mol. The van der Waals surface area contributed by atoms with E-state index in [0.29, 0.717) is 22.9 Å². The van der Waals surface area contributed by atoms with Gasteiger partial charge in [0.05, 0.1) is 19.1 Å². The number of nitrogens with zero attached hydrogens (tertiary/aromatic N) is 2. The zero-order valence-corrected chi connectivity index (χ0v) is 25.5. The summed E-state index contributed by atoms with van der Waals surface area (Å²) in [5.74, 6) is 0.135. The number of sulfonamides is 1. The molecule has 3 rings (SSSR count). The van der Waals surface area contributed by atoms with Gasteiger partial charge in [0.1, 0.15) is 11.8 Å². The molecule has 0 aromatic heterocycles. The van der Waals surface area contributed by atoms with Crippen molar-refractivity contribution in [3.63, 3.8) is 0 Å². The van der Waals surface area contributed by atoms with Crippen LogP contribution in [0.4, 0.5) is 5.69 Å². The van der Waals surface area contributed by atoms with Gasteiger partial charge in [-0.2, -0.15) is 0 Å². The van der Waals surface area contributed by atoms with Crippen LogP contribution in [0.15, 0.2) is 78.9 Å². The minimum absolute atomic E-state index is 0.0385. The molecule has 0 heterocycles. The lowest BCUT2D eigenvalue weighted by molar-refractivity contribution is -0.141. The van der Waals surface area contributed by atoms with Gasteiger partial charge in [0.25, 0.3) is 0 Å². The molecule has 8 nitrogen and oxygen atoms in total. The van der Waals surface area contributed by atoms with E-state index in [4.69, 9.17) is 16.3 Å². The van der Waals surface area contributed by atoms with E-state index in [1.54, 1.807) is 36.3 Å². The van der Waals surface area contributed by atoms with Gasteiger partial charge in [-0.05, 0) is 61.7 Å². The van der Waals surface area contributed by atoms with Gasteiger partial charge >= 0.3 is 0 Å². The lowest BCUT2D eigenvalue weighted by Crippen LogP contribution is -2.51. The van der Waals surface area contributed by atoms with Crippen molar-refractivity contribution in [3.05, 3.63) is 95.0 Å². The van der Waals surface area contributed by atoms with Gasteiger partial charge in [0, 0.05) is 37.0 Å². The van der Waals surface area contributed by atoms with Crippen LogP contribution in [-0.4, -0.2) is 57.1 Å². The number of nitrogens with one attached hydrogen (secondary N) is 1. The molecule has 0 aliphatic carbocycles. The highest BCUT2D eigenvalue weighted by Crippen LogP contribution is 2.23. The standard InChI is InChI=1S/C31H38ClN3O5S/c1-23(2)33-31(37)29(20-24-11-6-5-7-12-24)34(22-25-13-8-16-28(19-25)40-3)30(36)17-10-18-35(41(4,38)39)27-15-9-14-26(32)21-27/h5-9,11-16,19,21,23,29H,10,17-18,20,22H2,1-4H3,(H,33,37). The first-order valence-corrected chi connectivity index (χ1v) is 15.7. The molecule has 1 N–H and O–H groups in total. The lowest BCUT2D eigenvalue weighted by Gasteiger charge is -2.32. The Labute approximate surface area is 248 Å². The molecule has 0 radical (unpaired) electrons. The molecule has 10 heteroatoms. The number of methoxy groups -OCH3 is 1. The third kappa shape index (κ3) is 9.79. The summed E-state index contributed by atoms with van der Waals surface area (Å²) in [6.45, 7) is 4.02. The highest BCUT2D eigenvalue weighted by atomic mass is 35.5. The summed E-state index contributed by atoms with van der Waals surface area (Å²) in [5.41, 5.74) is 2.16. The van der Waals surface area contributed by atoms with Crippen LogP contribution in [0, 0.1) is 0 Å². The maximum absolute atomic E-state index is 13.9. The Hall–Kier alpha value is -3.56. The van der Waals surface area contributed by atoms with Crippen molar-refractivity contribution in [1.29, 1.82) is 0 Å². The number of benzene rings is 3. The van der Waals surface area contributed by atoms with Crippen LogP contribution in [0.5, 0.6) is 5.75 Å². The number of ether oxygens (including phenoxy) is 1. The third-order valence-corrected chi connectivity index (χ3v) is 7.87. The molecule has 2 amide bonds. The number of halogens is 1. The van der Waals surface area contributed by atoms with E-state index in [0.717, 1.165) is 17.4 Å². The molecule has 220 valence electrons. The van der Waals surface area contributed by atoms with Gasteiger partial charge < -0.3 is 15.0 Å². The van der Waals surface area contributed by atoms with Crippen molar-refractivity contribution in [2.75, 3.05) is 24.2 Å². The first-order valence-electron chi connectivity index (χ1n) is 13.5. The fourth-order valence-electron chi connectivity index (χ4n) is 4.54. The second-order valence-corrected chi connectivity index (χ2v) is 12.5. The minimum Gasteiger partial charge on any atom is -0.497 e. The van der Waals surface area contributed by atoms with Crippen LogP contribution >= 0.6 is 11.6 Å². The molecule has 0 aliphatic rings. The normalized spacial score (nSPS) is 12.0. The molecular formula is C31H38ClN3O5S. The topological polar surface area (TPSA) is 96.0 Å². The summed E-state index contributed by atoms with van der Waals surface area (Å²) in [6, 6.07) is 22.6. The highest BCUT2D eigenvalue weighted by molar-refractivity contribution is 7.92. The Bertz CT molecular complexity index is 1420. The van der Waals surface area contributed by atoms with E-state index in [2.05, 4.69) is 5.32 Å². The largest absolute Gasteiger partial charge is 0.497 e. The zero-order valence-electron chi connectivity index (χ0n) is 23.9. The van der Waals surface area contributed by atoms with Crippen molar-refractivity contribution >= 4 is 39.1 Å². The van der Waals surface area contributed by atoms with E-state index in [-0.39, 0.29) is 43.8 Å². The third-order valence-electron chi connectivity index (χ3n) is 6.44. The molecule has 0 spiro atoms. The molecular weight excluding hydrogens is 562 g/mol. The van der Waals surface area contributed by atoms with Crippen LogP contribution < -0.4 is 14.4 Å². The van der Waals surface area contributed by atoms with E-state index < -0.39 is 16.1 Å². The van der Waals surface area contributed by atoms with Gasteiger partial charge in [-0.1, -0.05) is 60.1 Å². The van der Waals surface area contributed by atoms with Crippen LogP contribution in [0.25, 0.3) is 0 Å². The Morgan fingerprint density at radius 1 is 0.951 bits per heavy atom. The first-order chi connectivity index (χ1) is 19.5. The van der Waals surface area contributed by atoms with Crippen molar-refractivity contribution < 1.29 is 22.7 Å². The molecule has 0 bridgehead atoms. The molecule has 1 atom stereocenters. The average Bonchev–Trinajstić information content (AvgIpc) is 2.92.